The van der Waals surface area contributed by atoms with Crippen LogP contribution in [0, 0.1) is 0 Å². The Hall–Kier alpha value is -3.01. The van der Waals surface area contributed by atoms with Crippen LogP contribution in [-0.2, 0) is 0 Å². The maximum atomic E-state index is 13.3. The standard InChI is InChI=1S/C19H11ClF6N2O2/c20-13(15-27-14-4-2-1-3-12(14)16(29)28-15)9-10-5-7-11(8-6-10)30-19(25,26)17(21)18(22,23)24/h1-9,17H,(H,27,28,29)/b13-9-. The summed E-state index contributed by atoms with van der Waals surface area (Å²) in [5, 5.41) is 0.371. The van der Waals surface area contributed by atoms with Crippen LogP contribution in [0.3, 0.4) is 0 Å². The monoisotopic (exact) mass is 448 g/mol. The molecule has 0 amide bonds. The molecule has 0 saturated heterocycles. The summed E-state index contributed by atoms with van der Waals surface area (Å²) in [5.74, 6) is -0.630. The fourth-order valence-electron chi connectivity index (χ4n) is 2.45. The van der Waals surface area contributed by atoms with Gasteiger partial charge in [0.25, 0.3) is 11.7 Å². The lowest BCUT2D eigenvalue weighted by Gasteiger charge is -2.23. The number of aromatic nitrogens is 2. The van der Waals surface area contributed by atoms with Gasteiger partial charge in [-0.15, -0.1) is 0 Å². The zero-order valence-corrected chi connectivity index (χ0v) is 15.4. The molecular weight excluding hydrogens is 438 g/mol. The second kappa shape index (κ2) is 8.02. The Morgan fingerprint density at radius 2 is 1.70 bits per heavy atom. The number of nitrogens with one attached hydrogen (secondary N) is 1. The summed E-state index contributed by atoms with van der Waals surface area (Å²) in [5.41, 5.74) is 0.317. The van der Waals surface area contributed by atoms with Crippen LogP contribution in [0.25, 0.3) is 22.0 Å². The summed E-state index contributed by atoms with van der Waals surface area (Å²) in [6, 6.07) is 10.8. The molecule has 0 bridgehead atoms. The molecule has 1 unspecified atom stereocenters. The van der Waals surface area contributed by atoms with E-state index in [2.05, 4.69) is 14.7 Å². The second-order valence-corrected chi connectivity index (χ2v) is 6.47. The van der Waals surface area contributed by atoms with E-state index in [-0.39, 0.29) is 10.9 Å². The highest BCUT2D eigenvalue weighted by atomic mass is 35.5. The van der Waals surface area contributed by atoms with Gasteiger partial charge in [-0.1, -0.05) is 35.9 Å². The van der Waals surface area contributed by atoms with Crippen molar-refractivity contribution in [3.63, 3.8) is 0 Å². The summed E-state index contributed by atoms with van der Waals surface area (Å²) >= 11 is 6.15. The largest absolute Gasteiger partial charge is 0.439 e. The van der Waals surface area contributed by atoms with Crippen LogP contribution < -0.4 is 10.3 Å². The molecule has 4 nitrogen and oxygen atoms in total. The van der Waals surface area contributed by atoms with Gasteiger partial charge in [0.05, 0.1) is 15.9 Å². The first-order valence-electron chi connectivity index (χ1n) is 8.22. The van der Waals surface area contributed by atoms with Crippen molar-refractivity contribution >= 4 is 33.6 Å². The minimum atomic E-state index is -5.77. The fourth-order valence-corrected chi connectivity index (χ4v) is 2.66. The van der Waals surface area contributed by atoms with Gasteiger partial charge in [0, 0.05) is 0 Å². The van der Waals surface area contributed by atoms with E-state index in [9.17, 15) is 31.1 Å². The first-order chi connectivity index (χ1) is 14.0. The van der Waals surface area contributed by atoms with Gasteiger partial charge < -0.3 is 9.72 Å². The minimum absolute atomic E-state index is 0.0118. The molecule has 3 rings (SSSR count). The average molecular weight is 449 g/mol. The van der Waals surface area contributed by atoms with Crippen molar-refractivity contribution in [3.05, 3.63) is 70.3 Å². The Bertz CT molecular complexity index is 1140. The number of para-hydroxylation sites is 1. The Labute approximate surface area is 169 Å². The van der Waals surface area contributed by atoms with Crippen molar-refractivity contribution in [1.82, 2.24) is 9.97 Å². The van der Waals surface area contributed by atoms with Gasteiger partial charge in [-0.3, -0.25) is 4.79 Å². The minimum Gasteiger partial charge on any atom is -0.430 e. The van der Waals surface area contributed by atoms with E-state index in [4.69, 9.17) is 11.6 Å². The summed E-state index contributed by atoms with van der Waals surface area (Å²) in [4.78, 5) is 18.8. The number of rotatable bonds is 5. The van der Waals surface area contributed by atoms with Crippen LogP contribution in [0.1, 0.15) is 11.4 Å². The van der Waals surface area contributed by atoms with Crippen LogP contribution in [0.4, 0.5) is 26.3 Å². The molecule has 0 aliphatic rings. The van der Waals surface area contributed by atoms with E-state index >= 15 is 0 Å². The molecular formula is C19H11ClF6N2O2. The summed E-state index contributed by atoms with van der Waals surface area (Å²) < 4.78 is 79.8. The van der Waals surface area contributed by atoms with Gasteiger partial charge in [-0.2, -0.15) is 22.0 Å². The first kappa shape index (κ1) is 21.7. The molecule has 0 saturated carbocycles. The molecule has 1 aromatic heterocycles. The van der Waals surface area contributed by atoms with Gasteiger partial charge >= 0.3 is 12.3 Å². The summed E-state index contributed by atoms with van der Waals surface area (Å²) in [6.07, 6.45) is -14.0. The predicted molar refractivity (Wildman–Crippen MR) is 99.1 cm³/mol. The van der Waals surface area contributed by atoms with Gasteiger partial charge in [0.2, 0.25) is 0 Å². The zero-order valence-electron chi connectivity index (χ0n) is 14.7. The molecule has 1 heterocycles. The molecule has 0 aliphatic heterocycles. The molecule has 158 valence electrons. The number of hydrogen-bond donors (Lipinski definition) is 1. The van der Waals surface area contributed by atoms with Crippen LogP contribution >= 0.6 is 11.6 Å². The third kappa shape index (κ3) is 4.76. The smallest absolute Gasteiger partial charge is 0.430 e. The number of ether oxygens (including phenoxy) is 1. The lowest BCUT2D eigenvalue weighted by molar-refractivity contribution is -0.304. The first-order valence-corrected chi connectivity index (χ1v) is 8.59. The average Bonchev–Trinajstić information content (AvgIpc) is 2.68. The Balaban J connectivity index is 1.81. The number of fused-ring (bicyclic) bond motifs is 1. The van der Waals surface area contributed by atoms with Crippen molar-refractivity contribution in [3.8, 4) is 5.75 Å². The highest BCUT2D eigenvalue weighted by Crippen LogP contribution is 2.36. The zero-order chi connectivity index (χ0) is 22.1. The number of alkyl halides is 6. The van der Waals surface area contributed by atoms with E-state index in [1.165, 1.54) is 18.2 Å². The maximum absolute atomic E-state index is 13.3. The van der Waals surface area contributed by atoms with Crippen molar-refractivity contribution in [2.24, 2.45) is 0 Å². The molecule has 1 atom stereocenters. The Morgan fingerprint density at radius 3 is 2.33 bits per heavy atom. The van der Waals surface area contributed by atoms with E-state index in [1.54, 1.807) is 24.3 Å². The second-order valence-electron chi connectivity index (χ2n) is 6.06. The quantitative estimate of drug-likeness (QED) is 0.522. The normalized spacial score (nSPS) is 14.0. The third-order valence-electron chi connectivity index (χ3n) is 3.85. The predicted octanol–water partition coefficient (Wildman–Crippen LogP) is 5.53. The van der Waals surface area contributed by atoms with E-state index < -0.39 is 29.8 Å². The topological polar surface area (TPSA) is 55.0 Å². The number of hydrogen-bond acceptors (Lipinski definition) is 3. The molecule has 2 aromatic carbocycles. The Kier molecular flexibility index (Phi) is 5.80. The van der Waals surface area contributed by atoms with Crippen molar-refractivity contribution in [1.29, 1.82) is 0 Å². The summed E-state index contributed by atoms with van der Waals surface area (Å²) in [7, 11) is 0. The van der Waals surface area contributed by atoms with Crippen molar-refractivity contribution in [2.45, 2.75) is 18.5 Å². The molecule has 30 heavy (non-hydrogen) atoms. The third-order valence-corrected chi connectivity index (χ3v) is 4.14. The van der Waals surface area contributed by atoms with Gasteiger partial charge in [-0.05, 0) is 35.9 Å². The molecule has 0 fully saturated rings. The lowest BCUT2D eigenvalue weighted by atomic mass is 10.2. The highest BCUT2D eigenvalue weighted by molar-refractivity contribution is 6.50. The number of nitrogens with zero attached hydrogens (tertiary/aromatic N) is 1. The molecule has 0 radical (unpaired) electrons. The van der Waals surface area contributed by atoms with Crippen molar-refractivity contribution in [2.75, 3.05) is 0 Å². The van der Waals surface area contributed by atoms with Gasteiger partial charge in [0.15, 0.2) is 5.82 Å². The number of benzene rings is 2. The number of halogens is 7. The van der Waals surface area contributed by atoms with Crippen molar-refractivity contribution < 1.29 is 31.1 Å². The van der Waals surface area contributed by atoms with Crippen LogP contribution in [0.5, 0.6) is 5.75 Å². The molecule has 3 aromatic rings. The van der Waals surface area contributed by atoms with Gasteiger partial charge in [0.1, 0.15) is 5.75 Å². The number of H-pyrrole nitrogens is 1. The molecule has 1 N–H and O–H groups in total. The Morgan fingerprint density at radius 1 is 1.07 bits per heavy atom. The summed E-state index contributed by atoms with van der Waals surface area (Å²) in [6.45, 7) is 0. The fraction of sp³-hybridized carbons (Fsp3) is 0.158. The number of aromatic amines is 1. The van der Waals surface area contributed by atoms with E-state index in [0.29, 0.717) is 16.5 Å². The SMILES string of the molecule is O=c1[nH]c(/C(Cl)=C/c2ccc(OC(F)(F)C(F)C(F)(F)F)cc2)nc2ccccc12. The highest BCUT2D eigenvalue weighted by Gasteiger charge is 2.59. The van der Waals surface area contributed by atoms with Crippen LogP contribution in [-0.4, -0.2) is 28.4 Å². The van der Waals surface area contributed by atoms with E-state index in [0.717, 1.165) is 12.1 Å². The van der Waals surface area contributed by atoms with Crippen LogP contribution in [0.15, 0.2) is 53.3 Å². The van der Waals surface area contributed by atoms with E-state index in [1.807, 2.05) is 0 Å². The molecule has 0 aliphatic carbocycles. The van der Waals surface area contributed by atoms with Crippen LogP contribution in [0.2, 0.25) is 0 Å². The van der Waals surface area contributed by atoms with Gasteiger partial charge in [-0.25, -0.2) is 9.37 Å². The molecule has 0 spiro atoms. The maximum Gasteiger partial charge on any atom is 0.439 e. The molecule has 11 heteroatoms. The lowest BCUT2D eigenvalue weighted by Crippen LogP contribution is -2.45.